The van der Waals surface area contributed by atoms with Crippen molar-refractivity contribution < 1.29 is 26.4 Å². The van der Waals surface area contributed by atoms with Gasteiger partial charge in [-0.1, -0.05) is 0 Å². The van der Waals surface area contributed by atoms with E-state index in [2.05, 4.69) is 5.32 Å². The van der Waals surface area contributed by atoms with Gasteiger partial charge in [-0.25, -0.2) is 13.1 Å². The first-order valence-corrected chi connectivity index (χ1v) is 8.00. The van der Waals surface area contributed by atoms with Gasteiger partial charge in [0.15, 0.2) is 0 Å². The fraction of sp³-hybridized carbons (Fsp3) is 0.900. The molecule has 7 nitrogen and oxygen atoms in total. The van der Waals surface area contributed by atoms with Crippen LogP contribution in [0.5, 0.6) is 0 Å². The predicted molar refractivity (Wildman–Crippen MR) is 77.4 cm³/mol. The Morgan fingerprint density at radius 3 is 2.32 bits per heavy atom. The van der Waals surface area contributed by atoms with Crippen molar-refractivity contribution in [3.63, 3.8) is 0 Å². The first-order chi connectivity index (χ1) is 9.65. The molecule has 0 aromatic rings. The van der Waals surface area contributed by atoms with Crippen LogP contribution in [0, 0.1) is 0 Å². The molecule has 1 saturated heterocycles. The third kappa shape index (κ3) is 7.09. The molecule has 1 heterocycles. The monoisotopic (exact) mass is 368 g/mol. The molecule has 1 amide bonds. The standard InChI is InChI=1S/C10H19F3N4O3S.ClH/c1-14-21(19,20)7-9(18)16-6-8(10(11,12)13)17-4-2-15-3-5-17;/h8,14-15H,2-7H2,1H3,(H,16,18);1H. The van der Waals surface area contributed by atoms with Crippen molar-refractivity contribution >= 4 is 28.3 Å². The summed E-state index contributed by atoms with van der Waals surface area (Å²) in [5, 5.41) is 4.98. The number of carbonyl (C=O) groups is 1. The molecule has 0 radical (unpaired) electrons. The van der Waals surface area contributed by atoms with Gasteiger partial charge in [-0.3, -0.25) is 9.69 Å². The minimum absolute atomic E-state index is 0. The second-order valence-corrected chi connectivity index (χ2v) is 6.54. The van der Waals surface area contributed by atoms with Crippen LogP contribution in [0.4, 0.5) is 13.2 Å². The van der Waals surface area contributed by atoms with Crippen molar-refractivity contribution in [2.24, 2.45) is 0 Å². The van der Waals surface area contributed by atoms with E-state index in [0.717, 1.165) is 7.05 Å². The highest BCUT2D eigenvalue weighted by molar-refractivity contribution is 7.90. The molecule has 132 valence electrons. The van der Waals surface area contributed by atoms with Gasteiger partial charge in [-0.15, -0.1) is 12.4 Å². The average Bonchev–Trinajstić information content (AvgIpc) is 2.38. The average molecular weight is 369 g/mol. The van der Waals surface area contributed by atoms with Crippen molar-refractivity contribution in [2.75, 3.05) is 45.5 Å². The molecule has 1 unspecified atom stereocenters. The van der Waals surface area contributed by atoms with Gasteiger partial charge in [0.1, 0.15) is 11.8 Å². The van der Waals surface area contributed by atoms with Gasteiger partial charge in [0.25, 0.3) is 0 Å². The largest absolute Gasteiger partial charge is 0.405 e. The normalized spacial score (nSPS) is 18.4. The number of hydrogen-bond acceptors (Lipinski definition) is 5. The molecule has 22 heavy (non-hydrogen) atoms. The van der Waals surface area contributed by atoms with Gasteiger partial charge >= 0.3 is 6.18 Å². The van der Waals surface area contributed by atoms with Crippen molar-refractivity contribution in [2.45, 2.75) is 12.2 Å². The summed E-state index contributed by atoms with van der Waals surface area (Å²) in [6.45, 7) is 0.647. The molecule has 1 atom stereocenters. The van der Waals surface area contributed by atoms with Gasteiger partial charge in [-0.05, 0) is 7.05 Å². The molecule has 1 aliphatic heterocycles. The van der Waals surface area contributed by atoms with Gasteiger partial charge in [0.2, 0.25) is 15.9 Å². The number of halogens is 4. The number of hydrogen-bond donors (Lipinski definition) is 3. The number of carbonyl (C=O) groups excluding carboxylic acids is 1. The Balaban J connectivity index is 0.00000441. The second-order valence-electron chi connectivity index (χ2n) is 4.61. The van der Waals surface area contributed by atoms with Gasteiger partial charge in [-0.2, -0.15) is 13.2 Å². The lowest BCUT2D eigenvalue weighted by Crippen LogP contribution is -2.57. The SMILES string of the molecule is CNS(=O)(=O)CC(=O)NCC(N1CCNCC1)C(F)(F)F.Cl. The van der Waals surface area contributed by atoms with E-state index in [1.54, 1.807) is 0 Å². The lowest BCUT2D eigenvalue weighted by molar-refractivity contribution is -0.183. The molecule has 0 aromatic heterocycles. The van der Waals surface area contributed by atoms with Crippen LogP contribution in [0.3, 0.4) is 0 Å². The minimum Gasteiger partial charge on any atom is -0.353 e. The Kier molecular flexibility index (Phi) is 8.62. The highest BCUT2D eigenvalue weighted by Crippen LogP contribution is 2.24. The Morgan fingerprint density at radius 1 is 1.32 bits per heavy atom. The second kappa shape index (κ2) is 8.87. The number of rotatable bonds is 6. The third-order valence-corrected chi connectivity index (χ3v) is 4.36. The fourth-order valence-corrected chi connectivity index (χ4v) is 2.54. The summed E-state index contributed by atoms with van der Waals surface area (Å²) in [7, 11) is -2.67. The smallest absolute Gasteiger partial charge is 0.353 e. The molecule has 1 aliphatic rings. The molecular weight excluding hydrogens is 349 g/mol. The van der Waals surface area contributed by atoms with Crippen molar-refractivity contribution in [1.29, 1.82) is 0 Å². The number of amides is 1. The van der Waals surface area contributed by atoms with Crippen molar-refractivity contribution in [3.8, 4) is 0 Å². The van der Waals surface area contributed by atoms with Crippen LogP contribution in [0.15, 0.2) is 0 Å². The summed E-state index contributed by atoms with van der Waals surface area (Å²) in [6, 6.07) is -1.82. The van der Waals surface area contributed by atoms with Crippen molar-refractivity contribution in [1.82, 2.24) is 20.3 Å². The summed E-state index contributed by atoms with van der Waals surface area (Å²) in [5.74, 6) is -1.86. The lowest BCUT2D eigenvalue weighted by Gasteiger charge is -2.35. The molecular formula is C10H20ClF3N4O3S. The summed E-state index contributed by atoms with van der Waals surface area (Å²) in [5.41, 5.74) is 0. The molecule has 12 heteroatoms. The summed E-state index contributed by atoms with van der Waals surface area (Å²) in [4.78, 5) is 12.6. The number of nitrogens with zero attached hydrogens (tertiary/aromatic N) is 1. The Labute approximate surface area is 133 Å². The van der Waals surface area contributed by atoms with Crippen LogP contribution in [0.1, 0.15) is 0 Å². The molecule has 1 fully saturated rings. The van der Waals surface area contributed by atoms with Crippen molar-refractivity contribution in [3.05, 3.63) is 0 Å². The zero-order valence-electron chi connectivity index (χ0n) is 11.9. The first-order valence-electron chi connectivity index (χ1n) is 6.35. The predicted octanol–water partition coefficient (Wildman–Crippen LogP) is -1.09. The molecule has 0 bridgehead atoms. The van der Waals surface area contributed by atoms with E-state index in [0.29, 0.717) is 13.1 Å². The maximum atomic E-state index is 13.0. The molecule has 0 saturated carbocycles. The van der Waals surface area contributed by atoms with E-state index in [4.69, 9.17) is 0 Å². The maximum Gasteiger partial charge on any atom is 0.405 e. The number of nitrogens with one attached hydrogen (secondary N) is 3. The molecule has 0 spiro atoms. The zero-order chi connectivity index (χ0) is 16.1. The Bertz CT molecular complexity index is 455. The van der Waals surface area contributed by atoms with Gasteiger partial charge in [0, 0.05) is 32.7 Å². The molecule has 3 N–H and O–H groups in total. The van der Waals surface area contributed by atoms with Crippen LogP contribution in [0.25, 0.3) is 0 Å². The topological polar surface area (TPSA) is 90.5 Å². The van der Waals surface area contributed by atoms with Crippen LogP contribution in [-0.2, 0) is 14.8 Å². The van der Waals surface area contributed by atoms with E-state index in [1.165, 1.54) is 4.90 Å². The van der Waals surface area contributed by atoms with Crippen LogP contribution in [0.2, 0.25) is 0 Å². The van der Waals surface area contributed by atoms with Crippen LogP contribution in [-0.4, -0.2) is 77.0 Å². The molecule has 0 aliphatic carbocycles. The Hall–Kier alpha value is -0.620. The zero-order valence-corrected chi connectivity index (χ0v) is 13.6. The van der Waals surface area contributed by atoms with Gasteiger partial charge in [0.05, 0.1) is 0 Å². The minimum atomic E-state index is -4.49. The summed E-state index contributed by atoms with van der Waals surface area (Å²) >= 11 is 0. The van der Waals surface area contributed by atoms with Crippen LogP contribution >= 0.6 is 12.4 Å². The third-order valence-electron chi connectivity index (χ3n) is 3.09. The van der Waals surface area contributed by atoms with E-state index >= 15 is 0 Å². The van der Waals surface area contributed by atoms with E-state index in [9.17, 15) is 26.4 Å². The van der Waals surface area contributed by atoms with E-state index in [-0.39, 0.29) is 25.5 Å². The Morgan fingerprint density at radius 2 is 1.86 bits per heavy atom. The summed E-state index contributed by atoms with van der Waals surface area (Å²) in [6.07, 6.45) is -4.49. The highest BCUT2D eigenvalue weighted by atomic mass is 35.5. The molecule has 0 aromatic carbocycles. The quantitative estimate of drug-likeness (QED) is 0.554. The summed E-state index contributed by atoms with van der Waals surface area (Å²) < 4.78 is 63.2. The maximum absolute atomic E-state index is 13.0. The van der Waals surface area contributed by atoms with E-state index in [1.807, 2.05) is 10.0 Å². The fourth-order valence-electron chi connectivity index (χ4n) is 1.95. The number of piperazine rings is 1. The highest BCUT2D eigenvalue weighted by Gasteiger charge is 2.43. The number of sulfonamides is 1. The van der Waals surface area contributed by atoms with Crippen LogP contribution < -0.4 is 15.4 Å². The lowest BCUT2D eigenvalue weighted by atomic mass is 10.2. The molecule has 1 rings (SSSR count). The van der Waals surface area contributed by atoms with Gasteiger partial charge < -0.3 is 10.6 Å². The van der Waals surface area contributed by atoms with E-state index < -0.39 is 40.4 Å². The first kappa shape index (κ1) is 21.4. The number of alkyl halides is 3.